The molecule has 0 saturated carbocycles. The summed E-state index contributed by atoms with van der Waals surface area (Å²) < 4.78 is 89.2. The number of carbonyl (C=O) groups is 1. The fourth-order valence-electron chi connectivity index (χ4n) is 3.75. The predicted molar refractivity (Wildman–Crippen MR) is 121 cm³/mol. The minimum atomic E-state index is -6.52. The van der Waals surface area contributed by atoms with Gasteiger partial charge in [-0.1, -0.05) is 84.0 Å². The van der Waals surface area contributed by atoms with E-state index in [1.807, 2.05) is 0 Å². The van der Waals surface area contributed by atoms with Crippen molar-refractivity contribution in [1.82, 2.24) is 5.32 Å². The Morgan fingerprint density at radius 3 is 1.41 bits per heavy atom. The molecule has 0 unspecified atom stereocenters. The van der Waals surface area contributed by atoms with Gasteiger partial charge in [-0.25, -0.2) is 0 Å². The molecule has 0 aliphatic rings. The predicted octanol–water partition coefficient (Wildman–Crippen LogP) is 7.49. The van der Waals surface area contributed by atoms with Crippen LogP contribution in [-0.2, 0) is 4.79 Å². The molecule has 0 bridgehead atoms. The molecule has 0 radical (unpaired) electrons. The highest BCUT2D eigenvalue weighted by atomic mass is 19.4. The van der Waals surface area contributed by atoms with E-state index in [2.05, 4.69) is 6.92 Å². The lowest BCUT2D eigenvalue weighted by Crippen LogP contribution is -2.60. The van der Waals surface area contributed by atoms with Crippen LogP contribution in [0.1, 0.15) is 96.8 Å². The molecule has 0 aromatic rings. The molecule has 1 N–H and O–H groups in total. The Kier molecular flexibility index (Phi) is 15.3. The van der Waals surface area contributed by atoms with Gasteiger partial charge in [0.05, 0.1) is 33.7 Å². The van der Waals surface area contributed by atoms with Crippen LogP contribution in [0.5, 0.6) is 0 Å². The zero-order valence-corrected chi connectivity index (χ0v) is 21.0. The molecule has 0 aromatic heterocycles. The SMILES string of the molecule is CCCCCCCCCCCCCCCC[N+](C)(C)CCNC(=O)C(F)(F)C(F)(F)C(F)(F)F. The second-order valence-electron chi connectivity index (χ2n) is 9.88. The van der Waals surface area contributed by atoms with E-state index < -0.39 is 30.5 Å². The van der Waals surface area contributed by atoms with E-state index >= 15 is 0 Å². The summed E-state index contributed by atoms with van der Waals surface area (Å²) in [6.07, 6.45) is 10.6. The largest absolute Gasteiger partial charge is 0.460 e. The first-order chi connectivity index (χ1) is 15.7. The molecular formula is C24H44F7N2O+. The monoisotopic (exact) mass is 509 g/mol. The van der Waals surface area contributed by atoms with Gasteiger partial charge in [0.25, 0.3) is 5.91 Å². The van der Waals surface area contributed by atoms with Gasteiger partial charge >= 0.3 is 18.0 Å². The lowest BCUT2D eigenvalue weighted by Gasteiger charge is -2.31. The molecule has 204 valence electrons. The third kappa shape index (κ3) is 12.6. The van der Waals surface area contributed by atoms with Gasteiger partial charge in [-0.2, -0.15) is 30.7 Å². The zero-order chi connectivity index (χ0) is 26.3. The molecule has 0 saturated heterocycles. The van der Waals surface area contributed by atoms with Crippen LogP contribution in [0, 0.1) is 0 Å². The first kappa shape index (κ1) is 32.9. The van der Waals surface area contributed by atoms with Crippen LogP contribution in [0.4, 0.5) is 30.7 Å². The van der Waals surface area contributed by atoms with Crippen molar-refractivity contribution in [1.29, 1.82) is 0 Å². The Morgan fingerprint density at radius 2 is 1.03 bits per heavy atom. The number of rotatable bonds is 20. The van der Waals surface area contributed by atoms with Gasteiger partial charge in [0.2, 0.25) is 0 Å². The maximum atomic E-state index is 13.3. The molecule has 0 atom stereocenters. The van der Waals surface area contributed by atoms with Gasteiger partial charge in [0.1, 0.15) is 0 Å². The molecule has 3 nitrogen and oxygen atoms in total. The van der Waals surface area contributed by atoms with Gasteiger partial charge in [-0.15, -0.1) is 0 Å². The number of quaternary nitrogens is 1. The maximum absolute atomic E-state index is 13.3. The smallest absolute Gasteiger partial charge is 0.345 e. The van der Waals surface area contributed by atoms with Crippen LogP contribution in [0.15, 0.2) is 0 Å². The molecular weight excluding hydrogens is 465 g/mol. The van der Waals surface area contributed by atoms with Crippen molar-refractivity contribution in [2.75, 3.05) is 33.7 Å². The number of unbranched alkanes of at least 4 members (excludes halogenated alkanes) is 13. The quantitative estimate of drug-likeness (QED) is 0.103. The summed E-state index contributed by atoms with van der Waals surface area (Å²) >= 11 is 0. The molecule has 0 aromatic carbocycles. The average molecular weight is 510 g/mol. The van der Waals surface area contributed by atoms with E-state index in [1.54, 1.807) is 14.1 Å². The van der Waals surface area contributed by atoms with Gasteiger partial charge in [-0.05, 0) is 12.8 Å². The van der Waals surface area contributed by atoms with Crippen molar-refractivity contribution in [2.45, 2.75) is 115 Å². The molecule has 34 heavy (non-hydrogen) atoms. The molecule has 0 heterocycles. The van der Waals surface area contributed by atoms with Crippen LogP contribution in [0.3, 0.4) is 0 Å². The third-order valence-electron chi connectivity index (χ3n) is 6.16. The highest BCUT2D eigenvalue weighted by molar-refractivity contribution is 5.84. The summed E-state index contributed by atoms with van der Waals surface area (Å²) in [6.45, 7) is 2.62. The van der Waals surface area contributed by atoms with Crippen LogP contribution in [-0.4, -0.2) is 62.1 Å². The molecule has 10 heteroatoms. The molecule has 0 spiro atoms. The van der Waals surface area contributed by atoms with Crippen LogP contribution >= 0.6 is 0 Å². The van der Waals surface area contributed by atoms with Crippen molar-refractivity contribution in [3.63, 3.8) is 0 Å². The number of likely N-dealkylation sites (N-methyl/N-ethyl adjacent to an activating group) is 1. The minimum absolute atomic E-state index is 0.137. The van der Waals surface area contributed by atoms with Crippen molar-refractivity contribution in [3.05, 3.63) is 0 Å². The highest BCUT2D eigenvalue weighted by Crippen LogP contribution is 2.46. The van der Waals surface area contributed by atoms with Gasteiger partial charge in [-0.3, -0.25) is 4.79 Å². The summed E-state index contributed by atoms with van der Waals surface area (Å²) in [4.78, 5) is 11.3. The standard InChI is InChI=1S/C24H43F7N2O/c1-4-5-6-7-8-9-10-11-12-13-14-15-16-17-19-33(2,3)20-18-32-21(34)22(25,26)23(27,28)24(29,30)31/h4-20H2,1-3H3/p+1. The van der Waals surface area contributed by atoms with E-state index in [0.29, 0.717) is 11.0 Å². The van der Waals surface area contributed by atoms with Gasteiger partial charge in [0, 0.05) is 0 Å². The second-order valence-corrected chi connectivity index (χ2v) is 9.88. The Bertz CT molecular complexity index is 552. The van der Waals surface area contributed by atoms with Crippen molar-refractivity contribution in [2.24, 2.45) is 0 Å². The minimum Gasteiger partial charge on any atom is -0.345 e. The number of nitrogens with zero attached hydrogens (tertiary/aromatic N) is 1. The summed E-state index contributed by atoms with van der Waals surface area (Å²) in [5, 5.41) is 1.52. The summed E-state index contributed by atoms with van der Waals surface area (Å²) in [5.41, 5.74) is 0. The first-order valence-corrected chi connectivity index (χ1v) is 12.6. The van der Waals surface area contributed by atoms with Gasteiger partial charge < -0.3 is 9.80 Å². The zero-order valence-electron chi connectivity index (χ0n) is 21.0. The van der Waals surface area contributed by atoms with E-state index in [4.69, 9.17) is 0 Å². The molecule has 0 fully saturated rings. The topological polar surface area (TPSA) is 29.1 Å². The van der Waals surface area contributed by atoms with Crippen LogP contribution < -0.4 is 5.32 Å². The number of alkyl halides is 7. The van der Waals surface area contributed by atoms with E-state index in [0.717, 1.165) is 25.7 Å². The van der Waals surface area contributed by atoms with E-state index in [-0.39, 0.29) is 6.54 Å². The van der Waals surface area contributed by atoms with Crippen LogP contribution in [0.2, 0.25) is 0 Å². The molecule has 0 aliphatic heterocycles. The number of hydrogen-bond acceptors (Lipinski definition) is 1. The Labute approximate surface area is 200 Å². The van der Waals surface area contributed by atoms with E-state index in [1.165, 1.54) is 69.5 Å². The average Bonchev–Trinajstić information content (AvgIpc) is 2.72. The van der Waals surface area contributed by atoms with Crippen molar-refractivity contribution >= 4 is 5.91 Å². The number of halogens is 7. The lowest BCUT2D eigenvalue weighted by molar-refractivity contribution is -0.889. The fourth-order valence-corrected chi connectivity index (χ4v) is 3.75. The normalized spacial score (nSPS) is 13.4. The molecule has 1 amide bonds. The lowest BCUT2D eigenvalue weighted by atomic mass is 10.0. The Hall–Kier alpha value is -1.06. The van der Waals surface area contributed by atoms with Crippen molar-refractivity contribution in [3.8, 4) is 0 Å². The number of amides is 1. The second kappa shape index (κ2) is 15.8. The summed E-state index contributed by atoms with van der Waals surface area (Å²) in [7, 11) is 3.58. The third-order valence-corrected chi connectivity index (χ3v) is 6.16. The maximum Gasteiger partial charge on any atom is 0.460 e. The fraction of sp³-hybridized carbons (Fsp3) is 0.958. The molecule has 0 aliphatic carbocycles. The summed E-state index contributed by atoms with van der Waals surface area (Å²) in [6, 6.07) is 0. The van der Waals surface area contributed by atoms with Crippen molar-refractivity contribution < 1.29 is 40.0 Å². The number of carbonyl (C=O) groups excluding carboxylic acids is 1. The summed E-state index contributed by atoms with van der Waals surface area (Å²) in [5.74, 6) is -14.9. The Morgan fingerprint density at radius 1 is 0.647 bits per heavy atom. The Balaban J connectivity index is 3.89. The number of hydrogen-bond donors (Lipinski definition) is 1. The van der Waals surface area contributed by atoms with E-state index in [9.17, 15) is 35.5 Å². The number of nitrogens with one attached hydrogen (secondary N) is 1. The van der Waals surface area contributed by atoms with Gasteiger partial charge in [0.15, 0.2) is 0 Å². The first-order valence-electron chi connectivity index (χ1n) is 12.6. The van der Waals surface area contributed by atoms with Crippen LogP contribution in [0.25, 0.3) is 0 Å². The highest BCUT2D eigenvalue weighted by Gasteiger charge is 2.76. The molecule has 0 rings (SSSR count).